The summed E-state index contributed by atoms with van der Waals surface area (Å²) in [6.45, 7) is 11.3. The normalized spacial score (nSPS) is 13.4. The van der Waals surface area contributed by atoms with E-state index in [4.69, 9.17) is 0 Å². The molecule has 0 N–H and O–H groups in total. The molecule has 3 rings (SSSR count). The third-order valence-electron chi connectivity index (χ3n) is 8.31. The van der Waals surface area contributed by atoms with Crippen LogP contribution in [-0.4, -0.2) is 4.70 Å². The summed E-state index contributed by atoms with van der Waals surface area (Å²) in [5, 5.41) is 0. The van der Waals surface area contributed by atoms with E-state index in [1.165, 1.54) is 110 Å². The number of rotatable bonds is 19. The second kappa shape index (κ2) is 17.4. The van der Waals surface area contributed by atoms with Crippen molar-refractivity contribution < 1.29 is 4.70 Å². The first-order valence-electron chi connectivity index (χ1n) is 16.7. The lowest BCUT2D eigenvalue weighted by Gasteiger charge is -2.14. The highest BCUT2D eigenvalue weighted by molar-refractivity contribution is 5.79. The van der Waals surface area contributed by atoms with Crippen molar-refractivity contribution in [3.63, 3.8) is 0 Å². The zero-order valence-corrected chi connectivity index (χ0v) is 26.5. The van der Waals surface area contributed by atoms with E-state index in [1.54, 1.807) is 4.70 Å². The molecule has 0 amide bonds. The van der Waals surface area contributed by atoms with Crippen molar-refractivity contribution in [2.45, 2.75) is 144 Å². The molecule has 0 aromatic heterocycles. The van der Waals surface area contributed by atoms with Crippen LogP contribution in [0, 0.1) is 0 Å². The van der Waals surface area contributed by atoms with Crippen LogP contribution in [0.25, 0.3) is 16.9 Å². The van der Waals surface area contributed by atoms with Gasteiger partial charge in [0.2, 0.25) is 11.4 Å². The molecule has 0 bridgehead atoms. The molecule has 0 aliphatic carbocycles. The molecule has 0 fully saturated rings. The van der Waals surface area contributed by atoms with Crippen molar-refractivity contribution >= 4 is 11.4 Å². The number of hydrogen-bond acceptors (Lipinski definition) is 0. The molecule has 2 aromatic carbocycles. The number of unbranched alkanes of at least 4 members (excludes halogenated alkanes) is 7. The zero-order valence-electron chi connectivity index (χ0n) is 26.5. The third kappa shape index (κ3) is 9.28. The van der Waals surface area contributed by atoms with Crippen LogP contribution in [0.4, 0.5) is 0 Å². The van der Waals surface area contributed by atoms with Crippen LogP contribution in [0.3, 0.4) is 0 Å². The van der Waals surface area contributed by atoms with Crippen LogP contribution >= 0.6 is 0 Å². The van der Waals surface area contributed by atoms with Crippen LogP contribution in [0.15, 0.2) is 48.0 Å². The fraction of sp³-hybridized carbons (Fsp3) is 0.579. The van der Waals surface area contributed by atoms with Crippen molar-refractivity contribution in [2.24, 2.45) is 0 Å². The van der Waals surface area contributed by atoms with Crippen LogP contribution in [0.2, 0.25) is 0 Å². The lowest BCUT2D eigenvalue weighted by Crippen LogP contribution is -2.05. The second-order valence-electron chi connectivity index (χ2n) is 12.0. The van der Waals surface area contributed by atoms with Crippen molar-refractivity contribution in [2.75, 3.05) is 0 Å². The minimum absolute atomic E-state index is 0.950. The van der Waals surface area contributed by atoms with E-state index in [0.29, 0.717) is 0 Å². The highest BCUT2D eigenvalue weighted by atomic mass is 15.2. The summed E-state index contributed by atoms with van der Waals surface area (Å²) in [6, 6.07) is 14.2. The van der Waals surface area contributed by atoms with E-state index in [-0.39, 0.29) is 0 Å². The topological polar surface area (TPSA) is 25.3 Å². The van der Waals surface area contributed by atoms with E-state index in [0.717, 1.165) is 49.1 Å². The quantitative estimate of drug-likeness (QED) is 0.125. The highest BCUT2D eigenvalue weighted by Crippen LogP contribution is 2.39. The van der Waals surface area contributed by atoms with Crippen LogP contribution in [0.5, 0.6) is 0 Å². The number of hydrogen-bond donors (Lipinski definition) is 0. The lowest BCUT2D eigenvalue weighted by molar-refractivity contribution is -0.344. The number of allylic oxidation sites excluding steroid dienone is 2. The van der Waals surface area contributed by atoms with Gasteiger partial charge in [-0.3, -0.25) is 0 Å². The van der Waals surface area contributed by atoms with Gasteiger partial charge in [-0.15, -0.1) is 0 Å². The predicted molar refractivity (Wildman–Crippen MR) is 175 cm³/mol. The summed E-state index contributed by atoms with van der Waals surface area (Å²) in [5.41, 5.74) is 23.1. The van der Waals surface area contributed by atoms with E-state index < -0.39 is 0 Å². The van der Waals surface area contributed by atoms with Crippen molar-refractivity contribution in [3.8, 4) is 0 Å². The van der Waals surface area contributed by atoms with Gasteiger partial charge in [0.05, 0.1) is 0 Å². The largest absolute Gasteiger partial charge is 0.493 e. The maximum Gasteiger partial charge on any atom is 0.210 e. The van der Waals surface area contributed by atoms with Gasteiger partial charge in [0.1, 0.15) is 0 Å². The molecule has 0 saturated heterocycles. The molecule has 2 aromatic rings. The Morgan fingerprint density at radius 1 is 0.475 bits per heavy atom. The number of aryl methyl sites for hydroxylation is 4. The molecule has 0 atom stereocenters. The molecule has 0 saturated carbocycles. The number of nitrogens with zero attached hydrogens (tertiary/aromatic N) is 2. The zero-order chi connectivity index (χ0) is 28.7. The minimum Gasteiger partial charge on any atom is -0.493 e. The molecule has 2 heteroatoms. The Morgan fingerprint density at radius 3 is 1.32 bits per heavy atom. The van der Waals surface area contributed by atoms with Gasteiger partial charge in [-0.2, -0.15) is 0 Å². The van der Waals surface area contributed by atoms with Crippen molar-refractivity contribution in [1.29, 1.82) is 0 Å². The minimum atomic E-state index is 0.950. The van der Waals surface area contributed by atoms with Crippen LogP contribution < -0.4 is 0 Å². The highest BCUT2D eigenvalue weighted by Gasteiger charge is 2.29. The molecule has 1 aliphatic rings. The summed E-state index contributed by atoms with van der Waals surface area (Å²) in [4.78, 5) is 0. The van der Waals surface area contributed by atoms with E-state index in [1.807, 2.05) is 0 Å². The molecule has 40 heavy (non-hydrogen) atoms. The fourth-order valence-electron chi connectivity index (χ4n) is 5.91. The fourth-order valence-corrected chi connectivity index (χ4v) is 5.91. The monoisotopic (exact) mass is 540 g/mol. The molecule has 0 unspecified atom stereocenters. The first kappa shape index (κ1) is 32.0. The van der Waals surface area contributed by atoms with Gasteiger partial charge in [-0.1, -0.05) is 91.7 Å². The molecular formula is C38H56N2. The number of benzene rings is 2. The van der Waals surface area contributed by atoms with Gasteiger partial charge >= 0.3 is 0 Å². The molecule has 1 aliphatic heterocycles. The summed E-state index contributed by atoms with van der Waals surface area (Å²) < 4.78 is 1.54. The van der Waals surface area contributed by atoms with Crippen molar-refractivity contribution in [3.05, 3.63) is 87.0 Å². The molecule has 2 nitrogen and oxygen atoms in total. The van der Waals surface area contributed by atoms with Crippen LogP contribution in [-0.2, 0) is 25.7 Å². The van der Waals surface area contributed by atoms with Gasteiger partial charge < -0.3 is 5.53 Å². The average molecular weight is 541 g/mol. The average Bonchev–Trinajstić information content (AvgIpc) is 3.30. The molecule has 0 spiro atoms. The summed E-state index contributed by atoms with van der Waals surface area (Å²) in [7, 11) is 0. The van der Waals surface area contributed by atoms with Crippen LogP contribution in [0.1, 0.15) is 151 Å². The first-order chi connectivity index (χ1) is 19.5. The first-order valence-corrected chi connectivity index (χ1v) is 16.7. The Balaban J connectivity index is 2.05. The Kier molecular flexibility index (Phi) is 13.9. The Hall–Kier alpha value is -2.48. The standard InChI is InChI=1S/C38H56N2/c1-6-11-16-17-22-34-29-37(35-25-30(18-12-7-2)23-31(26-35)19-13-8-3)40(39)38(34)36-27-32(20-14-9-4)24-33(28-36)21-15-10-5/h23-29H,6-22H2,1-5H3. The van der Waals surface area contributed by atoms with Gasteiger partial charge in [0.25, 0.3) is 0 Å². The Bertz CT molecular complexity index is 1100. The predicted octanol–water partition coefficient (Wildman–Crippen LogP) is 11.8. The third-order valence-corrected chi connectivity index (χ3v) is 8.31. The maximum atomic E-state index is 11.9. The van der Waals surface area contributed by atoms with E-state index in [9.17, 15) is 5.53 Å². The van der Waals surface area contributed by atoms with Gasteiger partial charge in [-0.05, 0) is 111 Å². The van der Waals surface area contributed by atoms with Gasteiger partial charge in [-0.25, -0.2) is 4.70 Å². The van der Waals surface area contributed by atoms with E-state index in [2.05, 4.69) is 77.1 Å². The maximum absolute atomic E-state index is 11.9. The summed E-state index contributed by atoms with van der Waals surface area (Å²) >= 11 is 0. The Labute approximate surface area is 246 Å². The molecule has 0 radical (unpaired) electrons. The molecule has 1 heterocycles. The lowest BCUT2D eigenvalue weighted by atomic mass is 9.95. The molecular weight excluding hydrogens is 484 g/mol. The van der Waals surface area contributed by atoms with E-state index >= 15 is 0 Å². The summed E-state index contributed by atoms with van der Waals surface area (Å²) in [5.74, 6) is 0. The smallest absolute Gasteiger partial charge is 0.210 e. The molecule has 218 valence electrons. The Morgan fingerprint density at radius 2 is 0.900 bits per heavy atom. The van der Waals surface area contributed by atoms with Crippen molar-refractivity contribution in [1.82, 2.24) is 0 Å². The summed E-state index contributed by atoms with van der Waals surface area (Å²) in [6.07, 6.45) is 22.3. The SMILES string of the molecule is CCCCCCC1=C(c2cc(CCCC)cc(CCCC)c2)[N+](=[N-])C(c2cc(CCCC)cc(CCCC)c2)=C1. The second-order valence-corrected chi connectivity index (χ2v) is 12.0. The van der Waals surface area contributed by atoms with Gasteiger partial charge in [0, 0.05) is 22.8 Å². The van der Waals surface area contributed by atoms with Gasteiger partial charge in [0.15, 0.2) is 0 Å².